The summed E-state index contributed by atoms with van der Waals surface area (Å²) in [5, 5.41) is 0. The van der Waals surface area contributed by atoms with Crippen molar-refractivity contribution in [3.63, 3.8) is 0 Å². The van der Waals surface area contributed by atoms with Crippen molar-refractivity contribution in [2.45, 2.75) is 4.90 Å². The molecule has 1 radical (unpaired) electrons. The van der Waals surface area contributed by atoms with E-state index in [0.717, 1.165) is 16.7 Å². The van der Waals surface area contributed by atoms with Gasteiger partial charge in [-0.05, 0) is 35.7 Å². The molecule has 17 heavy (non-hydrogen) atoms. The molecular formula is C14H13O2S. The van der Waals surface area contributed by atoms with Gasteiger partial charge in [0.05, 0.1) is 4.90 Å². The third kappa shape index (κ3) is 2.74. The smallest absolute Gasteiger partial charge is 0.175 e. The molecule has 0 fully saturated rings. The molecule has 0 heterocycles. The summed E-state index contributed by atoms with van der Waals surface area (Å²) in [5.41, 5.74) is 2.97. The van der Waals surface area contributed by atoms with Crippen molar-refractivity contribution < 1.29 is 8.42 Å². The highest BCUT2D eigenvalue weighted by Gasteiger charge is 2.06. The zero-order valence-electron chi connectivity index (χ0n) is 9.55. The lowest BCUT2D eigenvalue weighted by molar-refractivity contribution is 0.602. The van der Waals surface area contributed by atoms with Gasteiger partial charge in [-0.15, -0.1) is 0 Å². The van der Waals surface area contributed by atoms with Gasteiger partial charge in [-0.25, -0.2) is 8.42 Å². The van der Waals surface area contributed by atoms with E-state index in [2.05, 4.69) is 6.92 Å². The Hall–Kier alpha value is -1.61. The fourth-order valence-electron chi connectivity index (χ4n) is 1.65. The zero-order valence-corrected chi connectivity index (χ0v) is 10.4. The van der Waals surface area contributed by atoms with Gasteiger partial charge >= 0.3 is 0 Å². The molecule has 0 N–H and O–H groups in total. The standard InChI is InChI=1S/C14H13O2S/c1-11-4-3-5-13(10-11)12-6-8-14(9-7-12)17(2,15)16/h3-10H,1H2,2H3. The molecule has 0 aromatic heterocycles. The molecule has 0 amide bonds. The molecule has 0 aliphatic carbocycles. The second-order valence-electron chi connectivity index (χ2n) is 4.00. The van der Waals surface area contributed by atoms with Crippen LogP contribution in [0.5, 0.6) is 0 Å². The lowest BCUT2D eigenvalue weighted by Crippen LogP contribution is -1.96. The maximum absolute atomic E-state index is 11.3. The summed E-state index contributed by atoms with van der Waals surface area (Å²) < 4.78 is 22.6. The molecule has 2 rings (SSSR count). The molecule has 87 valence electrons. The second-order valence-corrected chi connectivity index (χ2v) is 6.01. The van der Waals surface area contributed by atoms with Crippen LogP contribution < -0.4 is 0 Å². The number of rotatable bonds is 2. The Bertz CT molecular complexity index is 626. The Labute approximate surface area is 102 Å². The number of hydrogen-bond donors (Lipinski definition) is 0. The SMILES string of the molecule is [CH2]c1cccc(-c2ccc(S(C)(=O)=O)cc2)c1. The van der Waals surface area contributed by atoms with E-state index in [1.54, 1.807) is 12.1 Å². The normalized spacial score (nSPS) is 11.4. The largest absolute Gasteiger partial charge is 0.224 e. The van der Waals surface area contributed by atoms with Crippen molar-refractivity contribution in [2.75, 3.05) is 6.26 Å². The average molecular weight is 245 g/mol. The van der Waals surface area contributed by atoms with Crippen LogP contribution in [-0.2, 0) is 9.84 Å². The van der Waals surface area contributed by atoms with Crippen molar-refractivity contribution in [3.8, 4) is 11.1 Å². The molecule has 0 unspecified atom stereocenters. The van der Waals surface area contributed by atoms with Gasteiger partial charge in [-0.2, -0.15) is 0 Å². The number of sulfone groups is 1. The summed E-state index contributed by atoms with van der Waals surface area (Å²) in [4.78, 5) is 0.340. The molecule has 0 saturated carbocycles. The van der Waals surface area contributed by atoms with E-state index in [1.165, 1.54) is 6.26 Å². The molecule has 0 bridgehead atoms. The Morgan fingerprint density at radius 2 is 1.59 bits per heavy atom. The lowest BCUT2D eigenvalue weighted by atomic mass is 10.0. The molecule has 2 aromatic rings. The predicted octanol–water partition coefficient (Wildman–Crippen LogP) is 2.94. The zero-order chi connectivity index (χ0) is 12.5. The molecule has 0 aliphatic rings. The first-order valence-corrected chi connectivity index (χ1v) is 7.08. The summed E-state index contributed by atoms with van der Waals surface area (Å²) >= 11 is 0. The van der Waals surface area contributed by atoms with Crippen LogP contribution >= 0.6 is 0 Å². The van der Waals surface area contributed by atoms with E-state index in [-0.39, 0.29) is 0 Å². The van der Waals surface area contributed by atoms with Crippen LogP contribution in [0.4, 0.5) is 0 Å². The van der Waals surface area contributed by atoms with Gasteiger partial charge in [0, 0.05) is 6.26 Å². The van der Waals surface area contributed by atoms with Crippen LogP contribution in [0.15, 0.2) is 53.4 Å². The highest BCUT2D eigenvalue weighted by molar-refractivity contribution is 7.90. The average Bonchev–Trinajstić information content (AvgIpc) is 2.28. The summed E-state index contributed by atoms with van der Waals surface area (Å²) in [6.45, 7) is 3.87. The van der Waals surface area contributed by atoms with Crippen molar-refractivity contribution in [3.05, 3.63) is 61.0 Å². The minimum atomic E-state index is -3.12. The van der Waals surface area contributed by atoms with E-state index in [9.17, 15) is 8.42 Å². The third-order valence-corrected chi connectivity index (χ3v) is 3.67. The Morgan fingerprint density at radius 3 is 2.12 bits per heavy atom. The fraction of sp³-hybridized carbons (Fsp3) is 0.0714. The van der Waals surface area contributed by atoms with Crippen LogP contribution in [0.3, 0.4) is 0 Å². The van der Waals surface area contributed by atoms with E-state index in [0.29, 0.717) is 4.90 Å². The second kappa shape index (κ2) is 4.34. The summed E-state index contributed by atoms with van der Waals surface area (Å²) in [6.07, 6.45) is 1.21. The van der Waals surface area contributed by atoms with E-state index >= 15 is 0 Å². The highest BCUT2D eigenvalue weighted by Crippen LogP contribution is 2.22. The maximum atomic E-state index is 11.3. The predicted molar refractivity (Wildman–Crippen MR) is 69.4 cm³/mol. The van der Waals surface area contributed by atoms with Crippen LogP contribution in [0, 0.1) is 6.92 Å². The van der Waals surface area contributed by atoms with Crippen molar-refractivity contribution >= 4 is 9.84 Å². The van der Waals surface area contributed by atoms with Crippen molar-refractivity contribution in [1.29, 1.82) is 0 Å². The topological polar surface area (TPSA) is 34.1 Å². The molecule has 0 atom stereocenters. The number of benzene rings is 2. The Balaban J connectivity index is 2.43. The molecule has 2 nitrogen and oxygen atoms in total. The first kappa shape index (κ1) is 11.9. The van der Waals surface area contributed by atoms with Gasteiger partial charge in [0.2, 0.25) is 0 Å². The fourth-order valence-corrected chi connectivity index (χ4v) is 2.28. The first-order valence-electron chi connectivity index (χ1n) is 5.19. The maximum Gasteiger partial charge on any atom is 0.175 e. The van der Waals surface area contributed by atoms with Gasteiger partial charge in [0.25, 0.3) is 0 Å². The lowest BCUT2D eigenvalue weighted by Gasteiger charge is -2.04. The minimum absolute atomic E-state index is 0.340. The Kier molecular flexibility index (Phi) is 3.03. The van der Waals surface area contributed by atoms with E-state index in [4.69, 9.17) is 0 Å². The van der Waals surface area contributed by atoms with Crippen LogP contribution in [0.1, 0.15) is 5.56 Å². The van der Waals surface area contributed by atoms with Gasteiger partial charge in [0.1, 0.15) is 0 Å². The monoisotopic (exact) mass is 245 g/mol. The van der Waals surface area contributed by atoms with Crippen LogP contribution in [0.2, 0.25) is 0 Å². The first-order chi connectivity index (χ1) is 7.97. The molecule has 0 aliphatic heterocycles. The molecule has 0 saturated heterocycles. The minimum Gasteiger partial charge on any atom is -0.224 e. The van der Waals surface area contributed by atoms with E-state index < -0.39 is 9.84 Å². The van der Waals surface area contributed by atoms with Crippen molar-refractivity contribution in [2.24, 2.45) is 0 Å². The molecule has 3 heteroatoms. The molecule has 2 aromatic carbocycles. The number of hydrogen-bond acceptors (Lipinski definition) is 2. The van der Waals surface area contributed by atoms with Gasteiger partial charge in [-0.1, -0.05) is 36.4 Å². The van der Waals surface area contributed by atoms with E-state index in [1.807, 2.05) is 36.4 Å². The van der Waals surface area contributed by atoms with Crippen molar-refractivity contribution in [1.82, 2.24) is 0 Å². The van der Waals surface area contributed by atoms with Crippen LogP contribution in [-0.4, -0.2) is 14.7 Å². The summed E-state index contributed by atoms with van der Waals surface area (Å²) in [7, 11) is -3.12. The van der Waals surface area contributed by atoms with Gasteiger partial charge in [0.15, 0.2) is 9.84 Å². The van der Waals surface area contributed by atoms with Gasteiger partial charge in [-0.3, -0.25) is 0 Å². The highest BCUT2D eigenvalue weighted by atomic mass is 32.2. The third-order valence-electron chi connectivity index (χ3n) is 2.54. The Morgan fingerprint density at radius 1 is 0.941 bits per heavy atom. The quantitative estimate of drug-likeness (QED) is 0.815. The van der Waals surface area contributed by atoms with Crippen LogP contribution in [0.25, 0.3) is 11.1 Å². The molecule has 0 spiro atoms. The summed E-state index contributed by atoms with van der Waals surface area (Å²) in [6, 6.07) is 14.7. The van der Waals surface area contributed by atoms with Gasteiger partial charge < -0.3 is 0 Å². The molecular weight excluding hydrogens is 232 g/mol. The summed E-state index contributed by atoms with van der Waals surface area (Å²) in [5.74, 6) is 0.